The van der Waals surface area contributed by atoms with Crippen molar-refractivity contribution in [2.24, 2.45) is 4.99 Å². The first kappa shape index (κ1) is 20.7. The zero-order valence-electron chi connectivity index (χ0n) is 14.5. The maximum absolute atomic E-state index is 5.16. The van der Waals surface area contributed by atoms with Crippen LogP contribution >= 0.6 is 35.3 Å². The van der Waals surface area contributed by atoms with Crippen molar-refractivity contribution in [2.75, 3.05) is 14.2 Å². The van der Waals surface area contributed by atoms with Crippen LogP contribution in [-0.2, 0) is 13.1 Å². The molecule has 1 aromatic heterocycles. The van der Waals surface area contributed by atoms with E-state index >= 15 is 0 Å². The smallest absolute Gasteiger partial charge is 0.191 e. The number of hydrogen-bond donors (Lipinski definition) is 2. The van der Waals surface area contributed by atoms with Crippen LogP contribution in [0.25, 0.3) is 0 Å². The molecule has 0 aliphatic rings. The molecule has 0 atom stereocenters. The molecule has 1 aromatic carbocycles. The Balaban J connectivity index is 0.00000288. The molecule has 0 saturated heterocycles. The number of rotatable bonds is 6. The number of aliphatic imine (C=N–C) groups is 1. The van der Waals surface area contributed by atoms with Crippen molar-refractivity contribution in [2.45, 2.75) is 32.9 Å². The minimum Gasteiger partial charge on any atom is -0.497 e. The summed E-state index contributed by atoms with van der Waals surface area (Å²) in [4.78, 5) is 8.85. The van der Waals surface area contributed by atoms with Crippen LogP contribution in [0.4, 0.5) is 0 Å². The van der Waals surface area contributed by atoms with Gasteiger partial charge in [-0.25, -0.2) is 4.98 Å². The number of ether oxygens (including phenoxy) is 1. The maximum Gasteiger partial charge on any atom is 0.191 e. The highest BCUT2D eigenvalue weighted by Crippen LogP contribution is 2.18. The highest BCUT2D eigenvalue weighted by Gasteiger charge is 2.06. The van der Waals surface area contributed by atoms with E-state index in [1.165, 1.54) is 10.6 Å². The van der Waals surface area contributed by atoms with E-state index in [4.69, 9.17) is 4.74 Å². The molecule has 7 heteroatoms. The first-order valence-electron chi connectivity index (χ1n) is 7.64. The van der Waals surface area contributed by atoms with E-state index in [0.717, 1.165) is 17.4 Å². The minimum absolute atomic E-state index is 0. The van der Waals surface area contributed by atoms with Gasteiger partial charge in [0.15, 0.2) is 5.96 Å². The van der Waals surface area contributed by atoms with E-state index < -0.39 is 0 Å². The van der Waals surface area contributed by atoms with Crippen molar-refractivity contribution < 1.29 is 4.74 Å². The van der Waals surface area contributed by atoms with Crippen molar-refractivity contribution in [3.05, 3.63) is 45.9 Å². The molecule has 0 saturated carbocycles. The van der Waals surface area contributed by atoms with Crippen LogP contribution in [0.3, 0.4) is 0 Å². The second-order valence-electron chi connectivity index (χ2n) is 5.46. The van der Waals surface area contributed by atoms with Gasteiger partial charge in [0.1, 0.15) is 5.75 Å². The predicted octanol–water partition coefficient (Wildman–Crippen LogP) is 3.76. The van der Waals surface area contributed by atoms with Gasteiger partial charge in [-0.2, -0.15) is 0 Å². The van der Waals surface area contributed by atoms with Crippen LogP contribution < -0.4 is 15.4 Å². The lowest BCUT2D eigenvalue weighted by Gasteiger charge is -2.11. The summed E-state index contributed by atoms with van der Waals surface area (Å²) >= 11 is 1.71. The fraction of sp³-hybridized carbons (Fsp3) is 0.412. The SMILES string of the molecule is CN=C(NCc1ccc(OC)cc1)NCc1csc(C(C)C)n1.I. The average molecular weight is 460 g/mol. The van der Waals surface area contributed by atoms with Crippen molar-refractivity contribution >= 4 is 41.3 Å². The molecule has 0 spiro atoms. The lowest BCUT2D eigenvalue weighted by atomic mass is 10.2. The van der Waals surface area contributed by atoms with Crippen molar-refractivity contribution in [1.29, 1.82) is 0 Å². The molecule has 0 aliphatic carbocycles. The fourth-order valence-corrected chi connectivity index (χ4v) is 2.83. The van der Waals surface area contributed by atoms with Crippen molar-refractivity contribution in [3.8, 4) is 5.75 Å². The van der Waals surface area contributed by atoms with Gasteiger partial charge in [-0.15, -0.1) is 35.3 Å². The number of aromatic nitrogens is 1. The molecule has 0 fully saturated rings. The highest BCUT2D eigenvalue weighted by molar-refractivity contribution is 14.0. The number of nitrogens with zero attached hydrogens (tertiary/aromatic N) is 2. The van der Waals surface area contributed by atoms with Gasteiger partial charge in [0, 0.05) is 24.9 Å². The van der Waals surface area contributed by atoms with Gasteiger partial charge < -0.3 is 15.4 Å². The van der Waals surface area contributed by atoms with E-state index in [0.29, 0.717) is 19.0 Å². The summed E-state index contributed by atoms with van der Waals surface area (Å²) in [5, 5.41) is 9.85. The monoisotopic (exact) mass is 460 g/mol. The Kier molecular flexibility index (Phi) is 9.05. The first-order valence-corrected chi connectivity index (χ1v) is 8.52. The number of hydrogen-bond acceptors (Lipinski definition) is 4. The van der Waals surface area contributed by atoms with Crippen LogP contribution in [-0.4, -0.2) is 25.1 Å². The summed E-state index contributed by atoms with van der Waals surface area (Å²) in [6, 6.07) is 7.98. The molecule has 0 aliphatic heterocycles. The molecule has 132 valence electrons. The Morgan fingerprint density at radius 3 is 2.42 bits per heavy atom. The summed E-state index contributed by atoms with van der Waals surface area (Å²) < 4.78 is 5.16. The normalized spacial score (nSPS) is 11.1. The molecule has 2 aromatic rings. The van der Waals surface area contributed by atoms with Crippen LogP contribution in [0.15, 0.2) is 34.6 Å². The van der Waals surface area contributed by atoms with Gasteiger partial charge >= 0.3 is 0 Å². The Bertz CT molecular complexity index is 640. The Hall–Kier alpha value is -1.35. The summed E-state index contributed by atoms with van der Waals surface area (Å²) in [6.45, 7) is 5.69. The van der Waals surface area contributed by atoms with Gasteiger partial charge in [0.25, 0.3) is 0 Å². The first-order chi connectivity index (χ1) is 11.1. The Morgan fingerprint density at radius 1 is 1.21 bits per heavy atom. The second-order valence-corrected chi connectivity index (χ2v) is 6.35. The third-order valence-corrected chi connectivity index (χ3v) is 4.54. The van der Waals surface area contributed by atoms with E-state index in [2.05, 4.69) is 39.8 Å². The number of thiazole rings is 1. The maximum atomic E-state index is 5.16. The van der Waals surface area contributed by atoms with Crippen LogP contribution in [0.5, 0.6) is 5.75 Å². The van der Waals surface area contributed by atoms with E-state index in [1.54, 1.807) is 25.5 Å². The summed E-state index contributed by atoms with van der Waals surface area (Å²) in [6.07, 6.45) is 0. The van der Waals surface area contributed by atoms with Crippen molar-refractivity contribution in [1.82, 2.24) is 15.6 Å². The lowest BCUT2D eigenvalue weighted by Crippen LogP contribution is -2.36. The molecule has 1 heterocycles. The summed E-state index contributed by atoms with van der Waals surface area (Å²) in [7, 11) is 3.44. The predicted molar refractivity (Wildman–Crippen MR) is 112 cm³/mol. The second kappa shape index (κ2) is 10.5. The van der Waals surface area contributed by atoms with Gasteiger partial charge in [-0.05, 0) is 17.7 Å². The van der Waals surface area contributed by atoms with Crippen LogP contribution in [0, 0.1) is 0 Å². The minimum atomic E-state index is 0. The van der Waals surface area contributed by atoms with E-state index in [-0.39, 0.29) is 24.0 Å². The van der Waals surface area contributed by atoms with Crippen LogP contribution in [0.2, 0.25) is 0 Å². The molecule has 0 radical (unpaired) electrons. The molecule has 0 amide bonds. The molecule has 24 heavy (non-hydrogen) atoms. The molecule has 0 unspecified atom stereocenters. The third-order valence-electron chi connectivity index (χ3n) is 3.34. The van der Waals surface area contributed by atoms with Gasteiger partial charge in [-0.1, -0.05) is 26.0 Å². The Morgan fingerprint density at radius 2 is 1.88 bits per heavy atom. The molecule has 0 bridgehead atoms. The standard InChI is InChI=1S/C17H24N4OS.HI/c1-12(2)16-21-14(11-23-16)10-20-17(18-3)19-9-13-5-7-15(22-4)8-6-13;/h5-8,11-12H,9-10H2,1-4H3,(H2,18,19,20);1H. The third kappa shape index (κ3) is 6.27. The van der Waals surface area contributed by atoms with Crippen molar-refractivity contribution in [3.63, 3.8) is 0 Å². The van der Waals surface area contributed by atoms with Gasteiger partial charge in [-0.3, -0.25) is 4.99 Å². The molecule has 2 rings (SSSR count). The topological polar surface area (TPSA) is 58.5 Å². The highest BCUT2D eigenvalue weighted by atomic mass is 127. The summed E-state index contributed by atoms with van der Waals surface area (Å²) in [5.41, 5.74) is 2.22. The number of guanidine groups is 1. The van der Waals surface area contributed by atoms with E-state index in [9.17, 15) is 0 Å². The molecular weight excluding hydrogens is 435 g/mol. The molecule has 2 N–H and O–H groups in total. The van der Waals surface area contributed by atoms with Gasteiger partial charge in [0.05, 0.1) is 24.4 Å². The summed E-state index contributed by atoms with van der Waals surface area (Å²) in [5.74, 6) is 2.10. The van der Waals surface area contributed by atoms with E-state index in [1.807, 2.05) is 24.3 Å². The fourth-order valence-electron chi connectivity index (χ4n) is 1.99. The number of methoxy groups -OCH3 is 1. The largest absolute Gasteiger partial charge is 0.497 e. The zero-order chi connectivity index (χ0) is 16.7. The number of benzene rings is 1. The lowest BCUT2D eigenvalue weighted by molar-refractivity contribution is 0.414. The number of nitrogens with one attached hydrogen (secondary N) is 2. The van der Waals surface area contributed by atoms with Crippen LogP contribution in [0.1, 0.15) is 36.0 Å². The quantitative estimate of drug-likeness (QED) is 0.392. The van der Waals surface area contributed by atoms with Gasteiger partial charge in [0.2, 0.25) is 0 Å². The number of halogens is 1. The molecule has 5 nitrogen and oxygen atoms in total. The average Bonchev–Trinajstić information content (AvgIpc) is 3.05. The zero-order valence-corrected chi connectivity index (χ0v) is 17.6. The molecular formula is C17H25IN4OS. The Labute approximate surface area is 165 Å².